The van der Waals surface area contributed by atoms with Gasteiger partial charge in [0.25, 0.3) is 5.91 Å². The molecule has 2 fully saturated rings. The summed E-state index contributed by atoms with van der Waals surface area (Å²) in [5.74, 6) is -0.926. The van der Waals surface area contributed by atoms with Crippen LogP contribution in [0.5, 0.6) is 0 Å². The van der Waals surface area contributed by atoms with Crippen LogP contribution in [0.4, 0.5) is 5.69 Å². The second kappa shape index (κ2) is 9.45. The van der Waals surface area contributed by atoms with Crippen molar-refractivity contribution < 1.29 is 19.1 Å². The van der Waals surface area contributed by atoms with Gasteiger partial charge in [-0.3, -0.25) is 14.4 Å². The van der Waals surface area contributed by atoms with Crippen LogP contribution in [0.3, 0.4) is 0 Å². The first kappa shape index (κ1) is 20.7. The number of nitrogens with one attached hydrogen (secondary N) is 1. The Morgan fingerprint density at radius 3 is 2.61 bits per heavy atom. The molecule has 1 aromatic rings. The zero-order valence-corrected chi connectivity index (χ0v) is 17.3. The number of carbonyl (C=O) groups is 3. The van der Waals surface area contributed by atoms with E-state index >= 15 is 0 Å². The first-order valence-corrected chi connectivity index (χ1v) is 11.1. The van der Waals surface area contributed by atoms with Crippen molar-refractivity contribution in [2.75, 3.05) is 24.3 Å². The predicted octanol–water partition coefficient (Wildman–Crippen LogP) is 3.00. The number of carbonyl (C=O) groups excluding carboxylic acids is 3. The highest BCUT2D eigenvalue weighted by Crippen LogP contribution is 2.28. The molecule has 2 aliphatic rings. The first-order valence-electron chi connectivity index (χ1n) is 9.88. The summed E-state index contributed by atoms with van der Waals surface area (Å²) in [6, 6.07) is 7.84. The summed E-state index contributed by atoms with van der Waals surface area (Å²) in [7, 11) is 0. The Morgan fingerprint density at radius 1 is 1.21 bits per heavy atom. The second-order valence-electron chi connectivity index (χ2n) is 7.65. The van der Waals surface area contributed by atoms with Crippen LogP contribution in [-0.4, -0.2) is 43.2 Å². The number of hydrogen-bond donors (Lipinski definition) is 1. The highest BCUT2D eigenvalue weighted by Gasteiger charge is 2.36. The molecule has 1 aliphatic heterocycles. The van der Waals surface area contributed by atoms with E-state index in [4.69, 9.17) is 4.74 Å². The van der Waals surface area contributed by atoms with Gasteiger partial charge in [0.2, 0.25) is 5.91 Å². The van der Waals surface area contributed by atoms with E-state index in [1.54, 1.807) is 16.7 Å². The summed E-state index contributed by atoms with van der Waals surface area (Å²) in [6.07, 6.45) is 6.52. The summed E-state index contributed by atoms with van der Waals surface area (Å²) >= 11 is 1.63. The molecule has 2 amide bonds. The molecule has 3 atom stereocenters. The zero-order valence-electron chi connectivity index (χ0n) is 16.5. The summed E-state index contributed by atoms with van der Waals surface area (Å²) in [4.78, 5) is 39.5. The molecule has 0 radical (unpaired) electrons. The van der Waals surface area contributed by atoms with Crippen molar-refractivity contribution in [3.8, 4) is 0 Å². The van der Waals surface area contributed by atoms with Crippen LogP contribution in [0.25, 0.3) is 0 Å². The summed E-state index contributed by atoms with van der Waals surface area (Å²) < 4.78 is 5.20. The molecule has 0 bridgehead atoms. The van der Waals surface area contributed by atoms with Gasteiger partial charge in [0.05, 0.1) is 5.92 Å². The van der Waals surface area contributed by atoms with E-state index < -0.39 is 11.9 Å². The van der Waals surface area contributed by atoms with Crippen molar-refractivity contribution in [1.82, 2.24) is 5.32 Å². The standard InChI is InChI=1S/C21H28N2O4S/c1-14-5-3-4-6-18(14)22-19(24)13-27-21(26)15-11-20(25)23(12-15)16-7-9-17(28-2)10-8-16/h7-10,14-15,18H,3-6,11-13H2,1-2H3,(H,22,24). The van der Waals surface area contributed by atoms with E-state index in [1.807, 2.05) is 30.5 Å². The molecule has 1 saturated carbocycles. The van der Waals surface area contributed by atoms with E-state index in [1.165, 1.54) is 6.42 Å². The molecule has 1 saturated heterocycles. The van der Waals surface area contributed by atoms with Gasteiger partial charge in [-0.15, -0.1) is 11.8 Å². The van der Waals surface area contributed by atoms with Crippen molar-refractivity contribution in [1.29, 1.82) is 0 Å². The molecule has 1 N–H and O–H groups in total. The van der Waals surface area contributed by atoms with Crippen molar-refractivity contribution in [3.63, 3.8) is 0 Å². The lowest BCUT2D eigenvalue weighted by atomic mass is 9.86. The summed E-state index contributed by atoms with van der Waals surface area (Å²) in [5.41, 5.74) is 0.780. The van der Waals surface area contributed by atoms with E-state index in [9.17, 15) is 14.4 Å². The van der Waals surface area contributed by atoms with Gasteiger partial charge in [-0.05, 0) is 49.3 Å². The lowest BCUT2D eigenvalue weighted by Gasteiger charge is -2.29. The number of hydrogen-bond acceptors (Lipinski definition) is 5. The number of nitrogens with zero attached hydrogens (tertiary/aromatic N) is 1. The molecule has 3 unspecified atom stereocenters. The molecule has 152 valence electrons. The summed E-state index contributed by atoms with van der Waals surface area (Å²) in [5, 5.41) is 2.97. The van der Waals surface area contributed by atoms with E-state index in [-0.39, 0.29) is 37.4 Å². The average molecular weight is 405 g/mol. The summed E-state index contributed by atoms with van der Waals surface area (Å²) in [6.45, 7) is 2.15. The largest absolute Gasteiger partial charge is 0.455 e. The Kier molecular flexibility index (Phi) is 6.99. The maximum absolute atomic E-state index is 12.3. The minimum absolute atomic E-state index is 0.0978. The molecule has 1 aliphatic carbocycles. The lowest BCUT2D eigenvalue weighted by molar-refractivity contribution is -0.152. The number of thioether (sulfide) groups is 1. The van der Waals surface area contributed by atoms with Crippen LogP contribution in [0.1, 0.15) is 39.0 Å². The molecular formula is C21H28N2O4S. The second-order valence-corrected chi connectivity index (χ2v) is 8.53. The van der Waals surface area contributed by atoms with Gasteiger partial charge in [-0.25, -0.2) is 0 Å². The van der Waals surface area contributed by atoms with Crippen LogP contribution < -0.4 is 10.2 Å². The zero-order chi connectivity index (χ0) is 20.1. The number of amides is 2. The molecule has 1 aromatic carbocycles. The van der Waals surface area contributed by atoms with Crippen LogP contribution in [0, 0.1) is 11.8 Å². The quantitative estimate of drug-likeness (QED) is 0.583. The molecule has 0 aromatic heterocycles. The fraction of sp³-hybridized carbons (Fsp3) is 0.571. The maximum atomic E-state index is 12.3. The van der Waals surface area contributed by atoms with Crippen molar-refractivity contribution in [2.45, 2.75) is 50.0 Å². The number of esters is 1. The van der Waals surface area contributed by atoms with Gasteiger partial charge in [-0.2, -0.15) is 0 Å². The molecule has 0 spiro atoms. The number of benzene rings is 1. The van der Waals surface area contributed by atoms with Crippen molar-refractivity contribution in [2.24, 2.45) is 11.8 Å². The molecular weight excluding hydrogens is 376 g/mol. The van der Waals surface area contributed by atoms with Gasteiger partial charge in [0.1, 0.15) is 0 Å². The predicted molar refractivity (Wildman–Crippen MR) is 109 cm³/mol. The van der Waals surface area contributed by atoms with Gasteiger partial charge < -0.3 is 15.0 Å². The van der Waals surface area contributed by atoms with E-state index in [0.717, 1.165) is 29.8 Å². The minimum atomic E-state index is -0.533. The smallest absolute Gasteiger partial charge is 0.311 e. The third kappa shape index (κ3) is 5.07. The Bertz CT molecular complexity index is 722. The van der Waals surface area contributed by atoms with Gasteiger partial charge in [0, 0.05) is 29.6 Å². The highest BCUT2D eigenvalue weighted by molar-refractivity contribution is 7.98. The molecule has 1 heterocycles. The van der Waals surface area contributed by atoms with Crippen LogP contribution in [0.15, 0.2) is 29.2 Å². The Labute approximate surface area is 170 Å². The minimum Gasteiger partial charge on any atom is -0.455 e. The van der Waals surface area contributed by atoms with Crippen LogP contribution >= 0.6 is 11.8 Å². The van der Waals surface area contributed by atoms with Gasteiger partial charge in [-0.1, -0.05) is 19.8 Å². The highest BCUT2D eigenvalue weighted by atomic mass is 32.2. The van der Waals surface area contributed by atoms with Crippen molar-refractivity contribution in [3.05, 3.63) is 24.3 Å². The first-order chi connectivity index (χ1) is 13.5. The van der Waals surface area contributed by atoms with E-state index in [0.29, 0.717) is 5.92 Å². The third-order valence-electron chi connectivity index (χ3n) is 5.65. The van der Waals surface area contributed by atoms with Gasteiger partial charge in [0.15, 0.2) is 6.61 Å². The fourth-order valence-corrected chi connectivity index (χ4v) is 4.32. The fourth-order valence-electron chi connectivity index (χ4n) is 3.91. The topological polar surface area (TPSA) is 75.7 Å². The van der Waals surface area contributed by atoms with Crippen LogP contribution in [-0.2, 0) is 19.1 Å². The van der Waals surface area contributed by atoms with Crippen molar-refractivity contribution >= 4 is 35.2 Å². The Hall–Kier alpha value is -2.02. The van der Waals surface area contributed by atoms with Gasteiger partial charge >= 0.3 is 5.97 Å². The number of ether oxygens (including phenoxy) is 1. The third-order valence-corrected chi connectivity index (χ3v) is 6.39. The molecule has 3 rings (SSSR count). The van der Waals surface area contributed by atoms with Crippen LogP contribution in [0.2, 0.25) is 0 Å². The average Bonchev–Trinajstić information content (AvgIpc) is 3.10. The SMILES string of the molecule is CSc1ccc(N2CC(C(=O)OCC(=O)NC3CCCCC3C)CC2=O)cc1. The van der Waals surface area contributed by atoms with E-state index in [2.05, 4.69) is 12.2 Å². The molecule has 28 heavy (non-hydrogen) atoms. The lowest BCUT2D eigenvalue weighted by Crippen LogP contribution is -2.43. The molecule has 7 heteroatoms. The number of rotatable bonds is 6. The normalized spacial score (nSPS) is 24.9. The Morgan fingerprint density at radius 2 is 1.93 bits per heavy atom. The monoisotopic (exact) mass is 404 g/mol. The number of anilines is 1. The maximum Gasteiger partial charge on any atom is 0.311 e. The molecule has 6 nitrogen and oxygen atoms in total. The Balaban J connectivity index is 1.48.